The van der Waals surface area contributed by atoms with E-state index in [1.165, 1.54) is 11.3 Å². The number of furan rings is 1. The molecule has 0 fully saturated rings. The van der Waals surface area contributed by atoms with Gasteiger partial charge in [-0.25, -0.2) is 0 Å². The molecule has 4 nitrogen and oxygen atoms in total. The molecule has 0 bridgehead atoms. The lowest BCUT2D eigenvalue weighted by molar-refractivity contribution is 0.0780. The summed E-state index contributed by atoms with van der Waals surface area (Å²) < 4.78 is 10.8. The van der Waals surface area contributed by atoms with Gasteiger partial charge in [0.15, 0.2) is 0 Å². The Morgan fingerprint density at radius 3 is 2.48 bits per heavy atom. The molecule has 1 aromatic carbocycles. The van der Waals surface area contributed by atoms with Crippen molar-refractivity contribution >= 4 is 17.2 Å². The van der Waals surface area contributed by atoms with Crippen molar-refractivity contribution in [3.8, 4) is 16.9 Å². The van der Waals surface area contributed by atoms with Gasteiger partial charge in [-0.05, 0) is 55.3 Å². The maximum Gasteiger partial charge on any atom is 0.264 e. The van der Waals surface area contributed by atoms with E-state index < -0.39 is 0 Å². The quantitative estimate of drug-likeness (QED) is 0.653. The van der Waals surface area contributed by atoms with Crippen molar-refractivity contribution < 1.29 is 13.9 Å². The van der Waals surface area contributed by atoms with Gasteiger partial charge in [-0.3, -0.25) is 4.79 Å². The molecule has 0 aliphatic heterocycles. The fourth-order valence-electron chi connectivity index (χ4n) is 2.71. The van der Waals surface area contributed by atoms with Crippen LogP contribution in [0.5, 0.6) is 5.75 Å². The highest BCUT2D eigenvalue weighted by Gasteiger charge is 2.18. The van der Waals surface area contributed by atoms with Crippen LogP contribution in [-0.4, -0.2) is 25.0 Å². The predicted octanol–water partition coefficient (Wildman–Crippen LogP) is 4.91. The molecular weight excluding hydrogens is 334 g/mol. The van der Waals surface area contributed by atoms with Crippen molar-refractivity contribution in [1.82, 2.24) is 4.90 Å². The van der Waals surface area contributed by atoms with Crippen molar-refractivity contribution in [1.29, 1.82) is 0 Å². The molecule has 3 rings (SSSR count). The van der Waals surface area contributed by atoms with Crippen LogP contribution >= 0.6 is 11.3 Å². The van der Waals surface area contributed by atoms with E-state index in [-0.39, 0.29) is 5.91 Å². The number of hydrogen-bond acceptors (Lipinski definition) is 4. The largest absolute Gasteiger partial charge is 0.497 e. The molecule has 0 spiro atoms. The Kier molecular flexibility index (Phi) is 4.95. The van der Waals surface area contributed by atoms with E-state index in [4.69, 9.17) is 9.15 Å². The van der Waals surface area contributed by atoms with Crippen LogP contribution in [0.1, 0.15) is 26.1 Å². The first-order valence-electron chi connectivity index (χ1n) is 8.03. The summed E-state index contributed by atoms with van der Waals surface area (Å²) in [5, 5.41) is 0. The number of carbonyl (C=O) groups excluding carboxylic acids is 1. The summed E-state index contributed by atoms with van der Waals surface area (Å²) in [5.41, 5.74) is 2.16. The second-order valence-corrected chi connectivity index (χ2v) is 7.24. The molecule has 130 valence electrons. The van der Waals surface area contributed by atoms with E-state index in [1.807, 2.05) is 56.3 Å². The van der Waals surface area contributed by atoms with Gasteiger partial charge in [0, 0.05) is 11.9 Å². The topological polar surface area (TPSA) is 42.7 Å². The molecule has 0 aliphatic rings. The molecular formula is C20H21NO3S. The van der Waals surface area contributed by atoms with Crippen LogP contribution < -0.4 is 4.74 Å². The molecule has 3 aromatic rings. The van der Waals surface area contributed by atoms with E-state index in [9.17, 15) is 4.79 Å². The smallest absolute Gasteiger partial charge is 0.264 e. The number of aryl methyl sites for hydroxylation is 2. The highest BCUT2D eigenvalue weighted by Crippen LogP contribution is 2.32. The summed E-state index contributed by atoms with van der Waals surface area (Å²) >= 11 is 1.52. The number of amides is 1. The van der Waals surface area contributed by atoms with Gasteiger partial charge in [-0.2, -0.15) is 0 Å². The molecule has 0 unspecified atom stereocenters. The summed E-state index contributed by atoms with van der Waals surface area (Å²) in [6.07, 6.45) is 0. The Hall–Kier alpha value is -2.53. The van der Waals surface area contributed by atoms with Gasteiger partial charge in [-0.1, -0.05) is 12.1 Å². The van der Waals surface area contributed by atoms with Crippen LogP contribution in [0.4, 0.5) is 0 Å². The van der Waals surface area contributed by atoms with Crippen molar-refractivity contribution in [2.24, 2.45) is 0 Å². The zero-order valence-electron chi connectivity index (χ0n) is 14.8. The Morgan fingerprint density at radius 2 is 1.88 bits per heavy atom. The van der Waals surface area contributed by atoms with E-state index in [0.29, 0.717) is 6.54 Å². The van der Waals surface area contributed by atoms with Crippen LogP contribution in [-0.2, 0) is 6.54 Å². The summed E-state index contributed by atoms with van der Waals surface area (Å²) in [6.45, 7) is 4.40. The number of carbonyl (C=O) groups is 1. The first kappa shape index (κ1) is 17.3. The van der Waals surface area contributed by atoms with Crippen molar-refractivity contribution in [2.75, 3.05) is 14.2 Å². The standard InChI is InChI=1S/C20H21NO3S/c1-13-5-8-17(24-13)12-21(3)20(22)19-11-18(14(2)25-19)15-6-9-16(23-4)10-7-15/h5-11H,12H2,1-4H3. The van der Waals surface area contributed by atoms with Crippen molar-refractivity contribution in [3.63, 3.8) is 0 Å². The molecule has 0 saturated heterocycles. The highest BCUT2D eigenvalue weighted by molar-refractivity contribution is 7.14. The second kappa shape index (κ2) is 7.15. The molecule has 0 aliphatic carbocycles. The molecule has 0 radical (unpaired) electrons. The Bertz CT molecular complexity index is 877. The van der Waals surface area contributed by atoms with Gasteiger partial charge >= 0.3 is 0 Å². The van der Waals surface area contributed by atoms with Gasteiger partial charge in [0.1, 0.15) is 17.3 Å². The number of benzene rings is 1. The molecule has 2 aromatic heterocycles. The molecule has 25 heavy (non-hydrogen) atoms. The van der Waals surface area contributed by atoms with E-state index in [1.54, 1.807) is 19.1 Å². The molecule has 5 heteroatoms. The first-order chi connectivity index (χ1) is 12.0. The Morgan fingerprint density at radius 1 is 1.16 bits per heavy atom. The second-order valence-electron chi connectivity index (χ2n) is 5.98. The van der Waals surface area contributed by atoms with Crippen molar-refractivity contribution in [3.05, 3.63) is 63.7 Å². The minimum atomic E-state index is 0.00177. The van der Waals surface area contributed by atoms with Gasteiger partial charge in [0.25, 0.3) is 5.91 Å². The van der Waals surface area contributed by atoms with Crippen LogP contribution in [0.2, 0.25) is 0 Å². The van der Waals surface area contributed by atoms with Crippen LogP contribution in [0.15, 0.2) is 46.9 Å². The average molecular weight is 355 g/mol. The van der Waals surface area contributed by atoms with Crippen LogP contribution in [0.3, 0.4) is 0 Å². The van der Waals surface area contributed by atoms with Gasteiger partial charge < -0.3 is 14.1 Å². The molecule has 1 amide bonds. The van der Waals surface area contributed by atoms with Gasteiger partial charge in [-0.15, -0.1) is 11.3 Å². The number of thiophene rings is 1. The minimum absolute atomic E-state index is 0.00177. The third kappa shape index (κ3) is 3.77. The number of rotatable bonds is 5. The highest BCUT2D eigenvalue weighted by atomic mass is 32.1. The lowest BCUT2D eigenvalue weighted by Crippen LogP contribution is -2.25. The number of ether oxygens (including phenoxy) is 1. The summed E-state index contributed by atoms with van der Waals surface area (Å²) in [4.78, 5) is 16.3. The lowest BCUT2D eigenvalue weighted by Gasteiger charge is -2.14. The van der Waals surface area contributed by atoms with E-state index in [2.05, 4.69) is 0 Å². The third-order valence-electron chi connectivity index (χ3n) is 4.07. The van der Waals surface area contributed by atoms with Crippen LogP contribution in [0.25, 0.3) is 11.1 Å². The lowest BCUT2D eigenvalue weighted by atomic mass is 10.1. The fourth-order valence-corrected chi connectivity index (χ4v) is 3.74. The number of hydrogen-bond donors (Lipinski definition) is 0. The Balaban J connectivity index is 1.79. The normalized spacial score (nSPS) is 10.7. The monoisotopic (exact) mass is 355 g/mol. The predicted molar refractivity (Wildman–Crippen MR) is 100 cm³/mol. The molecule has 0 saturated carbocycles. The average Bonchev–Trinajstić information content (AvgIpc) is 3.20. The zero-order valence-corrected chi connectivity index (χ0v) is 15.6. The number of methoxy groups -OCH3 is 1. The summed E-state index contributed by atoms with van der Waals surface area (Å²) in [5.74, 6) is 2.46. The zero-order chi connectivity index (χ0) is 18.0. The third-order valence-corrected chi connectivity index (χ3v) is 5.10. The molecule has 0 atom stereocenters. The van der Waals surface area contributed by atoms with Gasteiger partial charge in [0.05, 0.1) is 18.5 Å². The minimum Gasteiger partial charge on any atom is -0.497 e. The maximum absolute atomic E-state index is 12.7. The first-order valence-corrected chi connectivity index (χ1v) is 8.85. The van der Waals surface area contributed by atoms with Crippen LogP contribution in [0, 0.1) is 13.8 Å². The molecule has 2 heterocycles. The summed E-state index contributed by atoms with van der Waals surface area (Å²) in [6, 6.07) is 13.7. The maximum atomic E-state index is 12.7. The molecule has 0 N–H and O–H groups in total. The SMILES string of the molecule is COc1ccc(-c2cc(C(=O)N(C)Cc3ccc(C)o3)sc2C)cc1. The van der Waals surface area contributed by atoms with Crippen molar-refractivity contribution in [2.45, 2.75) is 20.4 Å². The Labute approximate surface area is 151 Å². The van der Waals surface area contributed by atoms with E-state index >= 15 is 0 Å². The van der Waals surface area contributed by atoms with Gasteiger partial charge in [0.2, 0.25) is 0 Å². The number of nitrogens with zero attached hydrogens (tertiary/aromatic N) is 1. The fraction of sp³-hybridized carbons (Fsp3) is 0.250. The summed E-state index contributed by atoms with van der Waals surface area (Å²) in [7, 11) is 3.44. The van der Waals surface area contributed by atoms with E-state index in [0.717, 1.165) is 38.2 Å².